The zero-order chi connectivity index (χ0) is 13.2. The molecule has 0 radical (unpaired) electrons. The van der Waals surface area contributed by atoms with Gasteiger partial charge in [0.25, 0.3) is 0 Å². The standard InChI is InChI=1S/C13H18O4Se/c1-3-16-11(14)13(12(15)17-4-2)9-5-7-10(18-13)8-6-9/h5,7,9-10H,3-4,6,8H2,1-2H3. The van der Waals surface area contributed by atoms with Crippen LogP contribution in [0.4, 0.5) is 0 Å². The molecule has 2 heterocycles. The number of rotatable bonds is 4. The van der Waals surface area contributed by atoms with Gasteiger partial charge in [-0.2, -0.15) is 0 Å². The van der Waals surface area contributed by atoms with Crippen LogP contribution in [0.15, 0.2) is 12.2 Å². The molecule has 5 heteroatoms. The van der Waals surface area contributed by atoms with Crippen LogP contribution in [0.1, 0.15) is 26.7 Å². The van der Waals surface area contributed by atoms with E-state index in [1.807, 2.05) is 6.08 Å². The van der Waals surface area contributed by atoms with Crippen molar-refractivity contribution < 1.29 is 19.1 Å². The van der Waals surface area contributed by atoms with Crippen molar-refractivity contribution >= 4 is 26.9 Å². The first kappa shape index (κ1) is 13.6. The van der Waals surface area contributed by atoms with Crippen LogP contribution >= 0.6 is 0 Å². The molecule has 0 spiro atoms. The summed E-state index contributed by atoms with van der Waals surface area (Å²) in [7, 11) is 0. The van der Waals surface area contributed by atoms with Crippen molar-refractivity contribution in [2.75, 3.05) is 13.2 Å². The quantitative estimate of drug-likeness (QED) is 0.343. The van der Waals surface area contributed by atoms with Gasteiger partial charge in [0.05, 0.1) is 0 Å². The molecule has 2 atom stereocenters. The van der Waals surface area contributed by atoms with Crippen LogP contribution < -0.4 is 0 Å². The molecule has 1 aliphatic carbocycles. The number of fused-ring (bicyclic) bond motifs is 2. The molecule has 18 heavy (non-hydrogen) atoms. The molecule has 0 aromatic carbocycles. The molecule has 0 aromatic heterocycles. The molecule has 4 nitrogen and oxygen atoms in total. The third-order valence-corrected chi connectivity index (χ3v) is 6.91. The first-order chi connectivity index (χ1) is 8.65. The van der Waals surface area contributed by atoms with Crippen molar-refractivity contribution in [1.82, 2.24) is 0 Å². The van der Waals surface area contributed by atoms with Crippen molar-refractivity contribution in [1.29, 1.82) is 0 Å². The molecule has 100 valence electrons. The van der Waals surface area contributed by atoms with Gasteiger partial charge in [-0.1, -0.05) is 0 Å². The van der Waals surface area contributed by atoms with Crippen molar-refractivity contribution in [2.45, 2.75) is 35.8 Å². The summed E-state index contributed by atoms with van der Waals surface area (Å²) in [6, 6.07) is 0. The summed E-state index contributed by atoms with van der Waals surface area (Å²) < 4.78 is 9.26. The van der Waals surface area contributed by atoms with E-state index in [-0.39, 0.29) is 32.8 Å². The average Bonchev–Trinajstić information content (AvgIpc) is 2.40. The van der Waals surface area contributed by atoms with Gasteiger partial charge in [-0.25, -0.2) is 0 Å². The van der Waals surface area contributed by atoms with Crippen LogP contribution in [0.5, 0.6) is 0 Å². The van der Waals surface area contributed by atoms with Gasteiger partial charge in [-0.15, -0.1) is 0 Å². The van der Waals surface area contributed by atoms with Crippen LogP contribution in [0.3, 0.4) is 0 Å². The monoisotopic (exact) mass is 318 g/mol. The van der Waals surface area contributed by atoms with Crippen molar-refractivity contribution in [3.8, 4) is 0 Å². The van der Waals surface area contributed by atoms with Crippen LogP contribution in [0.25, 0.3) is 0 Å². The predicted octanol–water partition coefficient (Wildman–Crippen LogP) is 1.74. The SMILES string of the molecule is CCOC(=O)C1(C(=O)OCC)[Se]C2C=CC1CC2. The molecule has 3 aliphatic rings. The van der Waals surface area contributed by atoms with E-state index in [0.29, 0.717) is 18.0 Å². The second-order valence-electron chi connectivity index (χ2n) is 4.40. The van der Waals surface area contributed by atoms with E-state index in [1.165, 1.54) is 0 Å². The topological polar surface area (TPSA) is 52.6 Å². The number of hydrogen-bond donors (Lipinski definition) is 0. The molecule has 3 rings (SSSR count). The zero-order valence-electron chi connectivity index (χ0n) is 10.7. The summed E-state index contributed by atoms with van der Waals surface area (Å²) in [5, 5.41) is 0. The van der Waals surface area contributed by atoms with Crippen LogP contribution in [0.2, 0.25) is 9.13 Å². The maximum atomic E-state index is 12.3. The summed E-state index contributed by atoms with van der Waals surface area (Å²) in [6.45, 7) is 4.13. The fraction of sp³-hybridized carbons (Fsp3) is 0.692. The maximum absolute atomic E-state index is 12.3. The third-order valence-electron chi connectivity index (χ3n) is 3.34. The normalized spacial score (nSPS) is 27.9. The van der Waals surface area contributed by atoms with Crippen molar-refractivity contribution in [3.05, 3.63) is 12.2 Å². The van der Waals surface area contributed by atoms with E-state index in [2.05, 4.69) is 6.08 Å². The number of hydrogen-bond acceptors (Lipinski definition) is 4. The van der Waals surface area contributed by atoms with Gasteiger partial charge in [0.15, 0.2) is 0 Å². The Balaban J connectivity index is 2.32. The zero-order valence-corrected chi connectivity index (χ0v) is 12.4. The molecule has 1 saturated heterocycles. The molecule has 2 bridgehead atoms. The van der Waals surface area contributed by atoms with E-state index in [9.17, 15) is 9.59 Å². The Labute approximate surface area is 113 Å². The van der Waals surface area contributed by atoms with E-state index in [1.54, 1.807) is 13.8 Å². The van der Waals surface area contributed by atoms with Crippen LogP contribution in [-0.4, -0.2) is 40.1 Å². The van der Waals surface area contributed by atoms with Gasteiger partial charge in [0.1, 0.15) is 0 Å². The average molecular weight is 317 g/mol. The summed E-state index contributed by atoms with van der Waals surface area (Å²) in [6.07, 6.45) is 6.10. The Kier molecular flexibility index (Phi) is 4.13. The second kappa shape index (κ2) is 5.45. The van der Waals surface area contributed by atoms with Gasteiger partial charge < -0.3 is 0 Å². The Morgan fingerprint density at radius 2 is 1.78 bits per heavy atom. The number of esters is 2. The minimum atomic E-state index is -1.03. The summed E-state index contributed by atoms with van der Waals surface area (Å²) in [4.78, 5) is 24.9. The Bertz CT molecular complexity index is 359. The number of carbonyl (C=O) groups excluding carboxylic acids is 2. The molecule has 2 unspecified atom stereocenters. The molecule has 0 amide bonds. The van der Waals surface area contributed by atoms with Crippen molar-refractivity contribution in [2.24, 2.45) is 5.92 Å². The molecule has 0 N–H and O–H groups in total. The predicted molar refractivity (Wildman–Crippen MR) is 67.3 cm³/mol. The van der Waals surface area contributed by atoms with E-state index in [4.69, 9.17) is 9.47 Å². The minimum absolute atomic E-state index is 0.0411. The van der Waals surface area contributed by atoms with E-state index in [0.717, 1.165) is 12.8 Å². The third kappa shape index (κ3) is 2.10. The number of carbonyl (C=O) groups is 2. The first-order valence-corrected chi connectivity index (χ1v) is 8.20. The number of allylic oxidation sites excluding steroid dienone is 2. The van der Waals surface area contributed by atoms with Gasteiger partial charge in [-0.05, 0) is 0 Å². The molecular formula is C13H18O4Se. The van der Waals surface area contributed by atoms with Gasteiger partial charge in [0.2, 0.25) is 0 Å². The van der Waals surface area contributed by atoms with E-state index >= 15 is 0 Å². The van der Waals surface area contributed by atoms with Crippen LogP contribution in [0, 0.1) is 5.92 Å². The second-order valence-corrected chi connectivity index (χ2v) is 7.52. The summed E-state index contributed by atoms with van der Waals surface area (Å²) >= 11 is -0.108. The van der Waals surface area contributed by atoms with Gasteiger partial charge in [-0.3, -0.25) is 0 Å². The fourth-order valence-electron chi connectivity index (χ4n) is 2.52. The van der Waals surface area contributed by atoms with Gasteiger partial charge in [0, 0.05) is 0 Å². The van der Waals surface area contributed by atoms with Crippen LogP contribution in [-0.2, 0) is 19.1 Å². The number of ether oxygens (including phenoxy) is 2. The summed E-state index contributed by atoms with van der Waals surface area (Å²) in [5.41, 5.74) is 0. The Morgan fingerprint density at radius 1 is 1.17 bits per heavy atom. The first-order valence-electron chi connectivity index (χ1n) is 6.35. The molecule has 1 fully saturated rings. The van der Waals surface area contributed by atoms with Gasteiger partial charge >= 0.3 is 113 Å². The fourth-order valence-corrected chi connectivity index (χ4v) is 5.84. The molecular weight excluding hydrogens is 299 g/mol. The Hall–Kier alpha value is -0.801. The van der Waals surface area contributed by atoms with E-state index < -0.39 is 4.31 Å². The Morgan fingerprint density at radius 3 is 2.11 bits per heavy atom. The molecule has 2 aliphatic heterocycles. The molecule has 0 saturated carbocycles. The summed E-state index contributed by atoms with van der Waals surface area (Å²) in [5.74, 6) is -0.814. The molecule has 0 aromatic rings. The van der Waals surface area contributed by atoms with Crippen molar-refractivity contribution in [3.63, 3.8) is 0 Å².